The molecule has 0 N–H and O–H groups in total. The van der Waals surface area contributed by atoms with Gasteiger partial charge in [-0.3, -0.25) is 9.59 Å². The number of rotatable bonds is 4. The smallest absolute Gasteiger partial charge is 0.283 e. The summed E-state index contributed by atoms with van der Waals surface area (Å²) in [5, 5.41) is 12.0. The molecule has 3 aromatic rings. The van der Waals surface area contributed by atoms with Crippen molar-refractivity contribution >= 4 is 21.7 Å². The molecule has 0 spiro atoms. The molecule has 122 valence electrons. The van der Waals surface area contributed by atoms with Crippen molar-refractivity contribution in [1.29, 1.82) is 0 Å². The molecule has 0 bridgehead atoms. The third-order valence-corrected chi connectivity index (χ3v) is 4.34. The molecule has 0 saturated carbocycles. The lowest BCUT2D eigenvalue weighted by atomic mass is 10.2. The number of Topliss-reactive ketones (excluding diaryl/α,β-unsaturated/α-hetero) is 1. The largest absolute Gasteiger partial charge is 0.293 e. The molecule has 7 nitrogen and oxygen atoms in total. The molecule has 0 aliphatic heterocycles. The van der Waals surface area contributed by atoms with E-state index < -0.39 is 0 Å². The van der Waals surface area contributed by atoms with Gasteiger partial charge in [0.05, 0.1) is 18.4 Å². The Hall–Kier alpha value is -2.61. The highest BCUT2D eigenvalue weighted by atomic mass is 79.9. The lowest BCUT2D eigenvalue weighted by Crippen LogP contribution is -2.25. The maximum absolute atomic E-state index is 12.5. The van der Waals surface area contributed by atoms with Crippen LogP contribution in [0.4, 0.5) is 0 Å². The second kappa shape index (κ2) is 6.48. The summed E-state index contributed by atoms with van der Waals surface area (Å²) >= 11 is 3.31. The van der Waals surface area contributed by atoms with E-state index in [-0.39, 0.29) is 17.0 Å². The summed E-state index contributed by atoms with van der Waals surface area (Å²) in [7, 11) is 0. The highest BCUT2D eigenvalue weighted by Crippen LogP contribution is 2.18. The minimum absolute atomic E-state index is 0.180. The van der Waals surface area contributed by atoms with Crippen molar-refractivity contribution in [1.82, 2.24) is 24.8 Å². The molecule has 8 heteroatoms. The SMILES string of the molecule is CC(=O)c1nnn(-c2cnn(Cc3ccccc3)c(=O)c2Br)c1C. The van der Waals surface area contributed by atoms with Crippen molar-refractivity contribution in [2.75, 3.05) is 0 Å². The van der Waals surface area contributed by atoms with Crippen LogP contribution in [-0.2, 0) is 6.54 Å². The molecule has 2 heterocycles. The van der Waals surface area contributed by atoms with Crippen LogP contribution < -0.4 is 5.56 Å². The Bertz CT molecular complexity index is 962. The summed E-state index contributed by atoms with van der Waals surface area (Å²) in [5.74, 6) is -0.180. The average molecular weight is 388 g/mol. The van der Waals surface area contributed by atoms with Crippen LogP contribution in [0.25, 0.3) is 5.69 Å². The van der Waals surface area contributed by atoms with Crippen molar-refractivity contribution in [2.45, 2.75) is 20.4 Å². The van der Waals surface area contributed by atoms with Gasteiger partial charge in [-0.1, -0.05) is 35.5 Å². The van der Waals surface area contributed by atoms with Gasteiger partial charge in [0.15, 0.2) is 11.5 Å². The zero-order chi connectivity index (χ0) is 17.3. The van der Waals surface area contributed by atoms with Gasteiger partial charge in [0.1, 0.15) is 10.2 Å². The number of benzene rings is 1. The first-order valence-electron chi connectivity index (χ1n) is 7.22. The van der Waals surface area contributed by atoms with Gasteiger partial charge in [0.25, 0.3) is 5.56 Å². The molecule has 1 aromatic carbocycles. The van der Waals surface area contributed by atoms with Crippen LogP contribution in [0.3, 0.4) is 0 Å². The van der Waals surface area contributed by atoms with E-state index in [1.54, 1.807) is 6.92 Å². The van der Waals surface area contributed by atoms with Crippen LogP contribution in [0.2, 0.25) is 0 Å². The first kappa shape index (κ1) is 16.3. The fourth-order valence-electron chi connectivity index (χ4n) is 2.36. The van der Waals surface area contributed by atoms with E-state index in [1.807, 2.05) is 30.3 Å². The molecular formula is C16H14BrN5O2. The van der Waals surface area contributed by atoms with Crippen molar-refractivity contribution in [2.24, 2.45) is 0 Å². The Morgan fingerprint density at radius 2 is 1.96 bits per heavy atom. The second-order valence-electron chi connectivity index (χ2n) is 5.28. The van der Waals surface area contributed by atoms with Crippen molar-refractivity contribution in [3.63, 3.8) is 0 Å². The van der Waals surface area contributed by atoms with Crippen LogP contribution in [0.5, 0.6) is 0 Å². The van der Waals surface area contributed by atoms with Crippen LogP contribution in [0.1, 0.15) is 28.7 Å². The van der Waals surface area contributed by atoms with Crippen molar-refractivity contribution < 1.29 is 4.79 Å². The number of carbonyl (C=O) groups is 1. The topological polar surface area (TPSA) is 82.7 Å². The normalized spacial score (nSPS) is 10.8. The van der Waals surface area contributed by atoms with E-state index in [9.17, 15) is 9.59 Å². The zero-order valence-corrected chi connectivity index (χ0v) is 14.7. The molecule has 3 rings (SSSR count). The predicted molar refractivity (Wildman–Crippen MR) is 91.4 cm³/mol. The maximum atomic E-state index is 12.5. The minimum Gasteiger partial charge on any atom is -0.293 e. The molecule has 0 amide bonds. The fourth-order valence-corrected chi connectivity index (χ4v) is 2.83. The number of nitrogens with zero attached hydrogens (tertiary/aromatic N) is 5. The number of hydrogen-bond donors (Lipinski definition) is 0. The van der Waals surface area contributed by atoms with Gasteiger partial charge < -0.3 is 0 Å². The second-order valence-corrected chi connectivity index (χ2v) is 6.08. The maximum Gasteiger partial charge on any atom is 0.283 e. The number of carbonyl (C=O) groups excluding carboxylic acids is 1. The van der Waals surface area contributed by atoms with Gasteiger partial charge in [-0.15, -0.1) is 5.10 Å². The van der Waals surface area contributed by atoms with Gasteiger partial charge in [0.2, 0.25) is 0 Å². The molecule has 2 aromatic heterocycles. The van der Waals surface area contributed by atoms with Gasteiger partial charge >= 0.3 is 0 Å². The van der Waals surface area contributed by atoms with E-state index in [0.717, 1.165) is 5.56 Å². The number of halogens is 1. The monoisotopic (exact) mass is 387 g/mol. The quantitative estimate of drug-likeness (QED) is 0.640. The predicted octanol–water partition coefficient (Wildman–Crippen LogP) is 2.15. The van der Waals surface area contributed by atoms with Crippen molar-refractivity contribution in [3.05, 3.63) is 68.3 Å². The summed E-state index contributed by atoms with van der Waals surface area (Å²) in [6.07, 6.45) is 1.53. The summed E-state index contributed by atoms with van der Waals surface area (Å²) in [6.45, 7) is 3.51. The van der Waals surface area contributed by atoms with Crippen LogP contribution in [0, 0.1) is 6.92 Å². The summed E-state index contributed by atoms with van der Waals surface area (Å²) in [6, 6.07) is 9.59. The lowest BCUT2D eigenvalue weighted by Gasteiger charge is -2.09. The standard InChI is InChI=1S/C16H14BrN5O2/c1-10-15(11(2)23)19-20-22(10)13-8-18-21(16(24)14(13)17)9-12-6-4-3-5-7-12/h3-8H,9H2,1-2H3. The summed E-state index contributed by atoms with van der Waals surface area (Å²) in [4.78, 5) is 24.1. The number of aromatic nitrogens is 5. The molecule has 0 aliphatic rings. The highest BCUT2D eigenvalue weighted by molar-refractivity contribution is 9.10. The van der Waals surface area contributed by atoms with Gasteiger partial charge in [-0.25, -0.2) is 9.36 Å². The highest BCUT2D eigenvalue weighted by Gasteiger charge is 2.18. The first-order chi connectivity index (χ1) is 11.5. The van der Waals surface area contributed by atoms with E-state index in [0.29, 0.717) is 22.4 Å². The Kier molecular flexibility index (Phi) is 4.39. The molecule has 24 heavy (non-hydrogen) atoms. The molecule has 0 aliphatic carbocycles. The Morgan fingerprint density at radius 3 is 2.58 bits per heavy atom. The third kappa shape index (κ3) is 2.92. The average Bonchev–Trinajstić information content (AvgIpc) is 2.95. The Morgan fingerprint density at radius 1 is 1.25 bits per heavy atom. The number of ketones is 1. The number of hydrogen-bond acceptors (Lipinski definition) is 5. The Balaban J connectivity index is 2.02. The van der Waals surface area contributed by atoms with E-state index in [2.05, 4.69) is 31.3 Å². The van der Waals surface area contributed by atoms with Gasteiger partial charge in [-0.05, 0) is 28.4 Å². The molecule has 0 unspecified atom stereocenters. The third-order valence-electron chi connectivity index (χ3n) is 3.60. The van der Waals surface area contributed by atoms with Crippen LogP contribution >= 0.6 is 15.9 Å². The fraction of sp³-hybridized carbons (Fsp3) is 0.188. The Labute approximate surface area is 146 Å². The molecule has 0 radical (unpaired) electrons. The van der Waals surface area contributed by atoms with Gasteiger partial charge in [0, 0.05) is 6.92 Å². The van der Waals surface area contributed by atoms with E-state index >= 15 is 0 Å². The van der Waals surface area contributed by atoms with Crippen LogP contribution in [-0.4, -0.2) is 30.6 Å². The lowest BCUT2D eigenvalue weighted by molar-refractivity contribution is 0.101. The van der Waals surface area contributed by atoms with E-state index in [1.165, 1.54) is 22.5 Å². The molecular weight excluding hydrogens is 374 g/mol. The molecule has 0 atom stereocenters. The molecule has 0 fully saturated rings. The summed E-state index contributed by atoms with van der Waals surface area (Å²) in [5.41, 5.74) is 1.97. The van der Waals surface area contributed by atoms with Crippen LogP contribution in [0.15, 0.2) is 45.8 Å². The molecule has 0 saturated heterocycles. The van der Waals surface area contributed by atoms with E-state index in [4.69, 9.17) is 0 Å². The first-order valence-corrected chi connectivity index (χ1v) is 8.01. The van der Waals surface area contributed by atoms with Crippen molar-refractivity contribution in [3.8, 4) is 5.69 Å². The zero-order valence-electron chi connectivity index (χ0n) is 13.1. The van der Waals surface area contributed by atoms with Gasteiger partial charge in [-0.2, -0.15) is 5.10 Å². The summed E-state index contributed by atoms with van der Waals surface area (Å²) < 4.78 is 3.11. The minimum atomic E-state index is -0.282.